The maximum absolute atomic E-state index is 12.1. The van der Waals surface area contributed by atoms with E-state index in [0.717, 1.165) is 18.8 Å². The number of carbonyl (C=O) groups is 2. The Kier molecular flexibility index (Phi) is 2.73. The number of esters is 1. The van der Waals surface area contributed by atoms with E-state index in [0.29, 0.717) is 42.3 Å². The lowest BCUT2D eigenvalue weighted by molar-refractivity contribution is -0.172. The van der Waals surface area contributed by atoms with Gasteiger partial charge >= 0.3 is 5.97 Å². The summed E-state index contributed by atoms with van der Waals surface area (Å²) in [6, 6.07) is 0. The molecule has 0 amide bonds. The molecule has 1 saturated heterocycles. The van der Waals surface area contributed by atoms with Gasteiger partial charge in [-0.2, -0.15) is 0 Å². The number of allylic oxidation sites excluding steroid dienone is 4. The zero-order valence-electron chi connectivity index (χ0n) is 15.8. The molecule has 1 spiro atoms. The summed E-state index contributed by atoms with van der Waals surface area (Å²) in [4.78, 5) is 24.0. The summed E-state index contributed by atoms with van der Waals surface area (Å²) in [6.07, 6.45) is 13.5. The molecule has 0 unspecified atom stereocenters. The highest BCUT2D eigenvalue weighted by molar-refractivity contribution is 5.92. The van der Waals surface area contributed by atoms with E-state index in [4.69, 9.17) is 4.74 Å². The predicted molar refractivity (Wildman–Crippen MR) is 97.0 cm³/mol. The van der Waals surface area contributed by atoms with E-state index < -0.39 is 0 Å². The zero-order valence-corrected chi connectivity index (χ0v) is 15.8. The number of fused-ring (bicyclic) bond motifs is 9. The minimum atomic E-state index is -0.169. The summed E-state index contributed by atoms with van der Waals surface area (Å²) in [6.45, 7) is 4.84. The second-order valence-corrected chi connectivity index (χ2v) is 10.4. The Morgan fingerprint density at radius 2 is 1.92 bits per heavy atom. The fraction of sp³-hybridized carbons (Fsp3) is 0.739. The quantitative estimate of drug-likeness (QED) is 0.613. The minimum Gasteiger partial charge on any atom is -0.458 e. The van der Waals surface area contributed by atoms with Crippen LogP contribution < -0.4 is 0 Å². The lowest BCUT2D eigenvalue weighted by Crippen LogP contribution is -2.56. The van der Waals surface area contributed by atoms with Gasteiger partial charge in [0.2, 0.25) is 0 Å². The van der Waals surface area contributed by atoms with Crippen molar-refractivity contribution in [3.63, 3.8) is 0 Å². The van der Waals surface area contributed by atoms with Crippen LogP contribution in [0.1, 0.15) is 58.8 Å². The topological polar surface area (TPSA) is 43.4 Å². The lowest BCUT2D eigenvalue weighted by Gasteiger charge is -2.58. The average molecular weight is 352 g/mol. The maximum atomic E-state index is 12.1. The molecule has 1 aliphatic heterocycles. The predicted octanol–water partition coefficient (Wildman–Crippen LogP) is 4.23. The van der Waals surface area contributed by atoms with Crippen LogP contribution in [0.25, 0.3) is 0 Å². The Labute approximate surface area is 155 Å². The SMILES string of the molecule is C[C@]12CCC(=O)C=C1C=C[C@H]1[C@@H]3[C@@H]4C[C@@H]4[C@@]4(CCC(=O)O4)[C@@]3(C)CC[C@@H]12. The molecule has 3 saturated carbocycles. The van der Waals surface area contributed by atoms with Crippen molar-refractivity contribution in [3.05, 3.63) is 23.8 Å². The van der Waals surface area contributed by atoms with Gasteiger partial charge in [-0.1, -0.05) is 26.0 Å². The van der Waals surface area contributed by atoms with Crippen molar-refractivity contribution in [2.75, 3.05) is 0 Å². The summed E-state index contributed by atoms with van der Waals surface area (Å²) in [5, 5.41) is 0. The van der Waals surface area contributed by atoms with Crippen molar-refractivity contribution in [2.24, 2.45) is 40.4 Å². The third kappa shape index (κ3) is 1.59. The van der Waals surface area contributed by atoms with Crippen LogP contribution in [0.3, 0.4) is 0 Å². The van der Waals surface area contributed by atoms with Gasteiger partial charge in [0, 0.05) is 24.2 Å². The van der Waals surface area contributed by atoms with Crippen LogP contribution in [-0.4, -0.2) is 17.4 Å². The Balaban J connectivity index is 1.44. The van der Waals surface area contributed by atoms with Gasteiger partial charge in [0.15, 0.2) is 5.78 Å². The molecule has 138 valence electrons. The molecule has 0 bridgehead atoms. The minimum absolute atomic E-state index is 0.0295. The smallest absolute Gasteiger partial charge is 0.306 e. The van der Waals surface area contributed by atoms with Gasteiger partial charge in [-0.25, -0.2) is 0 Å². The third-order valence-corrected chi connectivity index (χ3v) is 9.64. The molecule has 6 rings (SSSR count). The van der Waals surface area contributed by atoms with Gasteiger partial charge < -0.3 is 4.74 Å². The Morgan fingerprint density at radius 3 is 2.69 bits per heavy atom. The molecule has 5 aliphatic carbocycles. The van der Waals surface area contributed by atoms with Crippen LogP contribution in [0.4, 0.5) is 0 Å². The summed E-state index contributed by atoms with van der Waals surface area (Å²) in [5.41, 5.74) is 1.39. The van der Waals surface area contributed by atoms with Crippen LogP contribution in [-0.2, 0) is 14.3 Å². The molecular weight excluding hydrogens is 324 g/mol. The summed E-state index contributed by atoms with van der Waals surface area (Å²) < 4.78 is 6.14. The van der Waals surface area contributed by atoms with E-state index in [1.54, 1.807) is 0 Å². The van der Waals surface area contributed by atoms with E-state index >= 15 is 0 Å². The van der Waals surface area contributed by atoms with Crippen molar-refractivity contribution < 1.29 is 14.3 Å². The first kappa shape index (κ1) is 15.7. The highest BCUT2D eigenvalue weighted by Gasteiger charge is 2.78. The number of hydrogen-bond acceptors (Lipinski definition) is 3. The number of hydrogen-bond donors (Lipinski definition) is 0. The van der Waals surface area contributed by atoms with Crippen molar-refractivity contribution in [1.29, 1.82) is 0 Å². The Hall–Kier alpha value is -1.38. The monoisotopic (exact) mass is 352 g/mol. The number of carbonyl (C=O) groups excluding carboxylic acids is 2. The summed E-state index contributed by atoms with van der Waals surface area (Å²) in [5.74, 6) is 3.53. The summed E-state index contributed by atoms with van der Waals surface area (Å²) in [7, 11) is 0. The molecule has 0 aromatic rings. The van der Waals surface area contributed by atoms with Gasteiger partial charge in [-0.3, -0.25) is 9.59 Å². The second-order valence-electron chi connectivity index (χ2n) is 10.4. The number of rotatable bonds is 0. The third-order valence-electron chi connectivity index (χ3n) is 9.64. The molecule has 4 fully saturated rings. The van der Waals surface area contributed by atoms with Crippen molar-refractivity contribution >= 4 is 11.8 Å². The van der Waals surface area contributed by atoms with Gasteiger partial charge in [0.25, 0.3) is 0 Å². The molecule has 1 heterocycles. The van der Waals surface area contributed by atoms with Gasteiger partial charge in [-0.05, 0) is 72.8 Å². The Morgan fingerprint density at radius 1 is 1.08 bits per heavy atom. The van der Waals surface area contributed by atoms with Gasteiger partial charge in [0.05, 0.1) is 0 Å². The van der Waals surface area contributed by atoms with E-state index in [9.17, 15) is 9.59 Å². The maximum Gasteiger partial charge on any atom is 0.306 e. The highest BCUT2D eigenvalue weighted by atomic mass is 16.6. The van der Waals surface area contributed by atoms with E-state index in [-0.39, 0.29) is 22.4 Å². The Bertz CT molecular complexity index is 793. The molecule has 3 nitrogen and oxygen atoms in total. The van der Waals surface area contributed by atoms with Crippen molar-refractivity contribution in [1.82, 2.24) is 0 Å². The normalized spacial score (nSPS) is 56.4. The van der Waals surface area contributed by atoms with E-state index in [1.165, 1.54) is 24.8 Å². The fourth-order valence-electron chi connectivity index (χ4n) is 8.36. The first-order valence-corrected chi connectivity index (χ1v) is 10.5. The van der Waals surface area contributed by atoms with Crippen molar-refractivity contribution in [3.8, 4) is 0 Å². The zero-order chi connectivity index (χ0) is 17.9. The molecule has 0 N–H and O–H groups in total. The first-order valence-electron chi connectivity index (χ1n) is 10.5. The molecule has 0 aromatic heterocycles. The summed E-state index contributed by atoms with van der Waals surface area (Å²) >= 11 is 0. The molecule has 26 heavy (non-hydrogen) atoms. The number of ketones is 1. The molecule has 8 atom stereocenters. The first-order chi connectivity index (χ1) is 12.4. The number of ether oxygens (including phenoxy) is 1. The molecular formula is C23H28O3. The van der Waals surface area contributed by atoms with Crippen LogP contribution in [0.5, 0.6) is 0 Å². The average Bonchev–Trinajstić information content (AvgIpc) is 3.24. The van der Waals surface area contributed by atoms with Crippen LogP contribution in [0.2, 0.25) is 0 Å². The standard InChI is InChI=1S/C23H28O3/c1-21-8-5-14(24)11-13(21)3-4-15-17(21)6-9-22(2)20(15)16-12-18(16)23(22)10-7-19(25)26-23/h3-4,11,15-18,20H,5-10,12H2,1-2H3/t15-,16-,17+,18+,20-,21+,22+,23+/m1/s1. The van der Waals surface area contributed by atoms with Crippen LogP contribution in [0.15, 0.2) is 23.8 Å². The van der Waals surface area contributed by atoms with Gasteiger partial charge in [0.1, 0.15) is 5.60 Å². The molecule has 6 aliphatic rings. The van der Waals surface area contributed by atoms with E-state index in [2.05, 4.69) is 26.0 Å². The molecule has 3 heteroatoms. The van der Waals surface area contributed by atoms with Crippen LogP contribution >= 0.6 is 0 Å². The van der Waals surface area contributed by atoms with Gasteiger partial charge in [-0.15, -0.1) is 0 Å². The fourth-order valence-corrected chi connectivity index (χ4v) is 8.36. The molecule has 0 radical (unpaired) electrons. The van der Waals surface area contributed by atoms with E-state index in [1.807, 2.05) is 6.08 Å². The van der Waals surface area contributed by atoms with Crippen LogP contribution in [0, 0.1) is 40.4 Å². The second kappa shape index (κ2) is 4.54. The van der Waals surface area contributed by atoms with Crippen molar-refractivity contribution in [2.45, 2.75) is 64.4 Å². The lowest BCUT2D eigenvalue weighted by atomic mass is 9.47. The highest BCUT2D eigenvalue weighted by Crippen LogP contribution is 2.78. The largest absolute Gasteiger partial charge is 0.458 e. The molecule has 0 aromatic carbocycles.